The van der Waals surface area contributed by atoms with Crippen molar-refractivity contribution in [2.45, 2.75) is 31.4 Å². The molecule has 2 aliphatic heterocycles. The summed E-state index contributed by atoms with van der Waals surface area (Å²) in [7, 11) is 0. The Hall–Kier alpha value is -2.65. The number of nitrogens with zero attached hydrogens (tertiary/aromatic N) is 4. The van der Waals surface area contributed by atoms with Gasteiger partial charge in [0.05, 0.1) is 12.6 Å². The summed E-state index contributed by atoms with van der Waals surface area (Å²) in [4.78, 5) is 20.8. The minimum atomic E-state index is -0.251. The molecule has 0 N–H and O–H groups in total. The molecule has 0 saturated carbocycles. The SMILES string of the molecule is N#C[C@@H]1CCCN1C(=O)CN1CC[C@H](Oc2cccc3cccnc23)C1. The maximum atomic E-state index is 12.5. The molecule has 0 bridgehead atoms. The maximum Gasteiger partial charge on any atom is 0.237 e. The molecule has 1 aromatic heterocycles. The number of para-hydroxylation sites is 1. The van der Waals surface area contributed by atoms with Gasteiger partial charge in [0.1, 0.15) is 23.4 Å². The highest BCUT2D eigenvalue weighted by atomic mass is 16.5. The third-order valence-electron chi connectivity index (χ3n) is 5.20. The summed E-state index contributed by atoms with van der Waals surface area (Å²) in [6.45, 7) is 2.62. The molecular formula is C20H22N4O2. The van der Waals surface area contributed by atoms with E-state index in [4.69, 9.17) is 10.00 Å². The van der Waals surface area contributed by atoms with Crippen molar-refractivity contribution in [2.24, 2.45) is 0 Å². The minimum Gasteiger partial charge on any atom is -0.487 e. The average Bonchev–Trinajstić information content (AvgIpc) is 3.31. The van der Waals surface area contributed by atoms with E-state index >= 15 is 0 Å². The Morgan fingerprint density at radius 1 is 1.27 bits per heavy atom. The largest absolute Gasteiger partial charge is 0.487 e. The van der Waals surface area contributed by atoms with Gasteiger partial charge in [0.25, 0.3) is 0 Å². The first-order valence-corrected chi connectivity index (χ1v) is 9.16. The van der Waals surface area contributed by atoms with E-state index in [1.54, 1.807) is 11.1 Å². The number of aromatic nitrogens is 1. The lowest BCUT2D eigenvalue weighted by Crippen LogP contribution is -2.42. The lowest BCUT2D eigenvalue weighted by atomic mass is 10.2. The zero-order valence-corrected chi connectivity index (χ0v) is 14.7. The van der Waals surface area contributed by atoms with Gasteiger partial charge in [-0.15, -0.1) is 0 Å². The van der Waals surface area contributed by atoms with Gasteiger partial charge in [-0.05, 0) is 31.4 Å². The van der Waals surface area contributed by atoms with Crippen LogP contribution < -0.4 is 4.74 Å². The summed E-state index contributed by atoms with van der Waals surface area (Å²) < 4.78 is 6.19. The van der Waals surface area contributed by atoms with Crippen LogP contribution in [0.5, 0.6) is 5.75 Å². The number of hydrogen-bond donors (Lipinski definition) is 0. The van der Waals surface area contributed by atoms with Crippen LogP contribution in [-0.2, 0) is 4.79 Å². The Kier molecular flexibility index (Phi) is 4.72. The molecule has 1 amide bonds. The zero-order chi connectivity index (χ0) is 17.9. The molecule has 0 radical (unpaired) electrons. The second kappa shape index (κ2) is 7.30. The van der Waals surface area contributed by atoms with Crippen molar-refractivity contribution in [3.8, 4) is 11.8 Å². The number of hydrogen-bond acceptors (Lipinski definition) is 5. The summed E-state index contributed by atoms with van der Waals surface area (Å²) in [6, 6.07) is 11.9. The number of pyridine rings is 1. The number of rotatable bonds is 4. The van der Waals surface area contributed by atoms with Gasteiger partial charge in [-0.1, -0.05) is 18.2 Å². The van der Waals surface area contributed by atoms with Crippen LogP contribution in [0.3, 0.4) is 0 Å². The number of carbonyl (C=O) groups excluding carboxylic acids is 1. The molecule has 0 spiro atoms. The number of ether oxygens (including phenoxy) is 1. The molecule has 3 heterocycles. The van der Waals surface area contributed by atoms with Gasteiger partial charge in [0.15, 0.2) is 0 Å². The van der Waals surface area contributed by atoms with Gasteiger partial charge in [0, 0.05) is 31.2 Å². The Morgan fingerprint density at radius 2 is 2.15 bits per heavy atom. The van der Waals surface area contributed by atoms with Gasteiger partial charge in [-0.3, -0.25) is 14.7 Å². The molecule has 0 unspecified atom stereocenters. The van der Waals surface area contributed by atoms with Crippen molar-refractivity contribution in [1.29, 1.82) is 5.26 Å². The number of amides is 1. The van der Waals surface area contributed by atoms with Crippen LogP contribution in [0.25, 0.3) is 10.9 Å². The quantitative estimate of drug-likeness (QED) is 0.845. The van der Waals surface area contributed by atoms with E-state index in [1.807, 2.05) is 30.3 Å². The van der Waals surface area contributed by atoms with Crippen LogP contribution in [0.4, 0.5) is 0 Å². The van der Waals surface area contributed by atoms with Gasteiger partial charge >= 0.3 is 0 Å². The summed E-state index contributed by atoms with van der Waals surface area (Å²) >= 11 is 0. The minimum absolute atomic E-state index is 0.0562. The smallest absolute Gasteiger partial charge is 0.237 e. The molecule has 6 heteroatoms. The van der Waals surface area contributed by atoms with Crippen LogP contribution >= 0.6 is 0 Å². The zero-order valence-electron chi connectivity index (χ0n) is 14.7. The van der Waals surface area contributed by atoms with E-state index in [0.29, 0.717) is 13.1 Å². The van der Waals surface area contributed by atoms with E-state index < -0.39 is 0 Å². The maximum absolute atomic E-state index is 12.5. The van der Waals surface area contributed by atoms with E-state index in [9.17, 15) is 4.79 Å². The fourth-order valence-electron chi connectivity index (χ4n) is 3.87. The molecular weight excluding hydrogens is 328 g/mol. The number of benzene rings is 1. The van der Waals surface area contributed by atoms with Crippen molar-refractivity contribution < 1.29 is 9.53 Å². The van der Waals surface area contributed by atoms with Crippen molar-refractivity contribution >= 4 is 16.8 Å². The highest BCUT2D eigenvalue weighted by Gasteiger charge is 2.32. The molecule has 4 rings (SSSR count). The third kappa shape index (κ3) is 3.35. The Morgan fingerprint density at radius 3 is 3.04 bits per heavy atom. The topological polar surface area (TPSA) is 69.5 Å². The lowest BCUT2D eigenvalue weighted by molar-refractivity contribution is -0.132. The molecule has 2 atom stereocenters. The molecule has 2 fully saturated rings. The summed E-state index contributed by atoms with van der Waals surface area (Å²) in [5.74, 6) is 0.854. The predicted molar refractivity (Wildman–Crippen MR) is 97.6 cm³/mol. The van der Waals surface area contributed by atoms with E-state index in [2.05, 4.69) is 16.0 Å². The van der Waals surface area contributed by atoms with Crippen LogP contribution in [0.2, 0.25) is 0 Å². The highest BCUT2D eigenvalue weighted by molar-refractivity contribution is 5.84. The van der Waals surface area contributed by atoms with Crippen LogP contribution in [0.1, 0.15) is 19.3 Å². The fourth-order valence-corrected chi connectivity index (χ4v) is 3.87. The number of fused-ring (bicyclic) bond motifs is 1. The molecule has 1 aromatic carbocycles. The summed E-state index contributed by atoms with van der Waals surface area (Å²) in [6.07, 6.45) is 4.43. The molecule has 2 saturated heterocycles. The monoisotopic (exact) mass is 350 g/mol. The average molecular weight is 350 g/mol. The first-order valence-electron chi connectivity index (χ1n) is 9.16. The van der Waals surface area contributed by atoms with Crippen LogP contribution in [0.15, 0.2) is 36.5 Å². The highest BCUT2D eigenvalue weighted by Crippen LogP contribution is 2.26. The van der Waals surface area contributed by atoms with Gasteiger partial charge in [0.2, 0.25) is 5.91 Å². The fraction of sp³-hybridized carbons (Fsp3) is 0.450. The van der Waals surface area contributed by atoms with Crippen molar-refractivity contribution in [3.05, 3.63) is 36.5 Å². The second-order valence-corrected chi connectivity index (χ2v) is 6.97. The Bertz CT molecular complexity index is 842. The molecule has 134 valence electrons. The predicted octanol–water partition coefficient (Wildman–Crippen LogP) is 2.20. The number of nitriles is 1. The molecule has 26 heavy (non-hydrogen) atoms. The van der Waals surface area contributed by atoms with Gasteiger partial charge < -0.3 is 9.64 Å². The summed E-state index contributed by atoms with van der Waals surface area (Å²) in [5, 5.41) is 10.2. The molecule has 2 aliphatic rings. The second-order valence-electron chi connectivity index (χ2n) is 6.97. The Labute approximate surface area is 153 Å². The van der Waals surface area contributed by atoms with Crippen molar-refractivity contribution in [2.75, 3.05) is 26.2 Å². The Balaban J connectivity index is 1.37. The molecule has 6 nitrogen and oxygen atoms in total. The number of likely N-dealkylation sites (tertiary alicyclic amines) is 2. The van der Waals surface area contributed by atoms with Crippen molar-refractivity contribution in [1.82, 2.24) is 14.8 Å². The summed E-state index contributed by atoms with van der Waals surface area (Å²) in [5.41, 5.74) is 0.874. The van der Waals surface area contributed by atoms with E-state index in [1.165, 1.54) is 0 Å². The van der Waals surface area contributed by atoms with E-state index in [-0.39, 0.29) is 18.1 Å². The molecule has 2 aromatic rings. The first-order chi connectivity index (χ1) is 12.7. The van der Waals surface area contributed by atoms with Gasteiger partial charge in [-0.25, -0.2) is 0 Å². The van der Waals surface area contributed by atoms with Crippen molar-refractivity contribution in [3.63, 3.8) is 0 Å². The van der Waals surface area contributed by atoms with E-state index in [0.717, 1.165) is 49.0 Å². The third-order valence-corrected chi connectivity index (χ3v) is 5.20. The molecule has 0 aliphatic carbocycles. The number of carbonyl (C=O) groups is 1. The van der Waals surface area contributed by atoms with Crippen LogP contribution in [0, 0.1) is 11.3 Å². The lowest BCUT2D eigenvalue weighted by Gasteiger charge is -2.23. The van der Waals surface area contributed by atoms with Gasteiger partial charge in [-0.2, -0.15) is 5.26 Å². The first kappa shape index (κ1) is 16.8. The van der Waals surface area contributed by atoms with Crippen LogP contribution in [-0.4, -0.2) is 59.0 Å². The normalized spacial score (nSPS) is 23.3. The standard InChI is InChI=1S/C20H22N4O2/c21-12-16-6-3-10-24(16)19(25)14-23-11-8-17(13-23)26-18-7-1-4-15-5-2-9-22-20(15)18/h1-2,4-5,7,9,16-17H,3,6,8,10-11,13-14H2/t16-,17-/m0/s1.